The quantitative estimate of drug-likeness (QED) is 0.685. The molecule has 31 heavy (non-hydrogen) atoms. The van der Waals surface area contributed by atoms with E-state index in [1.807, 2.05) is 20.8 Å². The number of sulfonamides is 1. The number of esters is 1. The van der Waals surface area contributed by atoms with Gasteiger partial charge in [0.15, 0.2) is 6.61 Å². The number of amides is 1. The van der Waals surface area contributed by atoms with Crippen molar-refractivity contribution < 1.29 is 27.5 Å². The Morgan fingerprint density at radius 2 is 1.61 bits per heavy atom. The van der Waals surface area contributed by atoms with Crippen LogP contribution < -0.4 is 4.72 Å². The van der Waals surface area contributed by atoms with Gasteiger partial charge in [0, 0.05) is 18.8 Å². The number of hydrogen-bond acceptors (Lipinski definition) is 6. The summed E-state index contributed by atoms with van der Waals surface area (Å²) in [7, 11) is -3.79. The van der Waals surface area contributed by atoms with Crippen molar-refractivity contribution in [1.82, 2.24) is 4.90 Å². The second-order valence-corrected chi connectivity index (χ2v) is 9.31. The molecule has 2 atom stereocenters. The second kappa shape index (κ2) is 9.49. The smallest absolute Gasteiger partial charge is 0.338 e. The van der Waals surface area contributed by atoms with Crippen molar-refractivity contribution in [3.8, 4) is 0 Å². The molecule has 9 heteroatoms. The summed E-state index contributed by atoms with van der Waals surface area (Å²) in [6.07, 6.45) is -0.155. The molecule has 0 saturated carbocycles. The zero-order chi connectivity index (χ0) is 22.6. The maximum atomic E-state index is 12.5. The predicted octanol–water partition coefficient (Wildman–Crippen LogP) is 2.59. The van der Waals surface area contributed by atoms with E-state index < -0.39 is 16.0 Å². The zero-order valence-electron chi connectivity index (χ0n) is 17.7. The highest BCUT2D eigenvalue weighted by atomic mass is 32.2. The fourth-order valence-corrected chi connectivity index (χ4v) is 4.35. The largest absolute Gasteiger partial charge is 0.452 e. The molecule has 2 unspecified atom stereocenters. The van der Waals surface area contributed by atoms with Gasteiger partial charge in [-0.2, -0.15) is 0 Å². The van der Waals surface area contributed by atoms with Gasteiger partial charge in [0.25, 0.3) is 15.9 Å². The number of benzene rings is 2. The number of nitrogens with one attached hydrogen (secondary N) is 1. The van der Waals surface area contributed by atoms with Crippen LogP contribution in [0.2, 0.25) is 0 Å². The lowest BCUT2D eigenvalue weighted by Gasteiger charge is -2.35. The Bertz CT molecular complexity index is 1020. The van der Waals surface area contributed by atoms with Crippen LogP contribution in [0.1, 0.15) is 29.8 Å². The molecule has 0 spiro atoms. The van der Waals surface area contributed by atoms with E-state index in [1.165, 1.54) is 24.3 Å². The maximum absolute atomic E-state index is 12.5. The van der Waals surface area contributed by atoms with Crippen molar-refractivity contribution in [3.63, 3.8) is 0 Å². The lowest BCUT2D eigenvalue weighted by atomic mass is 10.2. The van der Waals surface area contributed by atoms with Gasteiger partial charge in [0.2, 0.25) is 0 Å². The van der Waals surface area contributed by atoms with Crippen LogP contribution in [0.15, 0.2) is 53.4 Å². The highest BCUT2D eigenvalue weighted by Gasteiger charge is 2.26. The molecule has 3 rings (SSSR count). The van der Waals surface area contributed by atoms with Gasteiger partial charge in [-0.1, -0.05) is 17.7 Å². The van der Waals surface area contributed by atoms with Gasteiger partial charge in [-0.05, 0) is 57.2 Å². The van der Waals surface area contributed by atoms with Gasteiger partial charge in [-0.15, -0.1) is 0 Å². The molecule has 166 valence electrons. The first-order valence-electron chi connectivity index (χ1n) is 9.94. The summed E-state index contributed by atoms with van der Waals surface area (Å²) in [4.78, 5) is 26.2. The standard InChI is InChI=1S/C22H26N2O6S/c1-15-4-8-19(9-5-15)23-31(27,28)20-10-6-18(7-11-20)22(26)29-14-21(25)24-12-16(2)30-17(3)13-24/h4-11,16-17,23H,12-14H2,1-3H3. The van der Waals surface area contributed by atoms with E-state index in [-0.39, 0.29) is 35.2 Å². The number of hydrogen-bond donors (Lipinski definition) is 1. The maximum Gasteiger partial charge on any atom is 0.338 e. The van der Waals surface area contributed by atoms with Crippen LogP contribution in [0.4, 0.5) is 5.69 Å². The monoisotopic (exact) mass is 446 g/mol. The Morgan fingerprint density at radius 1 is 1.03 bits per heavy atom. The molecular formula is C22H26N2O6S. The van der Waals surface area contributed by atoms with Crippen molar-refractivity contribution in [2.24, 2.45) is 0 Å². The second-order valence-electron chi connectivity index (χ2n) is 7.63. The number of ether oxygens (including phenoxy) is 2. The first kappa shape index (κ1) is 22.8. The lowest BCUT2D eigenvalue weighted by molar-refractivity contribution is -0.146. The number of aryl methyl sites for hydroxylation is 1. The van der Waals surface area contributed by atoms with Gasteiger partial charge in [0.1, 0.15) is 0 Å². The van der Waals surface area contributed by atoms with E-state index >= 15 is 0 Å². The van der Waals surface area contributed by atoms with E-state index in [4.69, 9.17) is 9.47 Å². The summed E-state index contributed by atoms with van der Waals surface area (Å²) >= 11 is 0. The van der Waals surface area contributed by atoms with Gasteiger partial charge >= 0.3 is 5.97 Å². The number of nitrogens with zero attached hydrogens (tertiary/aromatic N) is 1. The third-order valence-corrected chi connectivity index (χ3v) is 6.20. The lowest BCUT2D eigenvalue weighted by Crippen LogP contribution is -2.49. The first-order valence-corrected chi connectivity index (χ1v) is 11.4. The van der Waals surface area contributed by atoms with Crippen molar-refractivity contribution >= 4 is 27.6 Å². The van der Waals surface area contributed by atoms with Gasteiger partial charge in [-0.3, -0.25) is 9.52 Å². The average Bonchev–Trinajstić information content (AvgIpc) is 2.72. The molecule has 1 aliphatic rings. The van der Waals surface area contributed by atoms with Crippen molar-refractivity contribution in [2.45, 2.75) is 37.9 Å². The first-order chi connectivity index (χ1) is 14.6. The number of anilines is 1. The number of morpholine rings is 1. The Balaban J connectivity index is 1.58. The Labute approximate surface area is 182 Å². The van der Waals surface area contributed by atoms with Crippen LogP contribution in [0.3, 0.4) is 0 Å². The minimum atomic E-state index is -3.79. The van der Waals surface area contributed by atoms with Gasteiger partial charge in [0.05, 0.1) is 22.7 Å². The fourth-order valence-electron chi connectivity index (χ4n) is 3.29. The van der Waals surface area contributed by atoms with E-state index in [1.54, 1.807) is 29.2 Å². The average molecular weight is 447 g/mol. The van der Waals surface area contributed by atoms with E-state index in [2.05, 4.69) is 4.72 Å². The summed E-state index contributed by atoms with van der Waals surface area (Å²) in [6.45, 7) is 6.18. The molecule has 2 aromatic carbocycles. The van der Waals surface area contributed by atoms with Gasteiger partial charge in [-0.25, -0.2) is 13.2 Å². The van der Waals surface area contributed by atoms with Crippen LogP contribution in [0.5, 0.6) is 0 Å². The molecule has 1 N–H and O–H groups in total. The molecule has 2 aromatic rings. The normalized spacial score (nSPS) is 19.0. The van der Waals surface area contributed by atoms with E-state index in [9.17, 15) is 18.0 Å². The summed E-state index contributed by atoms with van der Waals surface area (Å²) in [5.41, 5.74) is 1.62. The third-order valence-electron chi connectivity index (χ3n) is 4.80. The molecule has 1 saturated heterocycles. The highest BCUT2D eigenvalue weighted by Crippen LogP contribution is 2.18. The molecule has 1 fully saturated rings. The Hall–Kier alpha value is -2.91. The molecular weight excluding hydrogens is 420 g/mol. The van der Waals surface area contributed by atoms with Crippen molar-refractivity contribution in [1.29, 1.82) is 0 Å². The number of carbonyl (C=O) groups excluding carboxylic acids is 2. The van der Waals surface area contributed by atoms with Gasteiger partial charge < -0.3 is 14.4 Å². The molecule has 0 radical (unpaired) electrons. The molecule has 1 aliphatic heterocycles. The molecule has 0 aliphatic carbocycles. The number of carbonyl (C=O) groups is 2. The Morgan fingerprint density at radius 3 is 2.19 bits per heavy atom. The highest BCUT2D eigenvalue weighted by molar-refractivity contribution is 7.92. The summed E-state index contributed by atoms with van der Waals surface area (Å²) in [6, 6.07) is 12.3. The summed E-state index contributed by atoms with van der Waals surface area (Å²) in [5, 5.41) is 0. The van der Waals surface area contributed by atoms with Crippen LogP contribution in [-0.4, -0.2) is 57.1 Å². The summed E-state index contributed by atoms with van der Waals surface area (Å²) < 4.78 is 38.2. The van der Waals surface area contributed by atoms with Crippen LogP contribution >= 0.6 is 0 Å². The zero-order valence-corrected chi connectivity index (χ0v) is 18.5. The summed E-state index contributed by atoms with van der Waals surface area (Å²) in [5.74, 6) is -0.991. The van der Waals surface area contributed by atoms with Crippen molar-refractivity contribution in [3.05, 3.63) is 59.7 Å². The van der Waals surface area contributed by atoms with E-state index in [0.717, 1.165) is 5.56 Å². The molecule has 0 aromatic heterocycles. The minimum Gasteiger partial charge on any atom is -0.452 e. The SMILES string of the molecule is Cc1ccc(NS(=O)(=O)c2ccc(C(=O)OCC(=O)N3CC(C)OC(C)C3)cc2)cc1. The number of rotatable bonds is 6. The minimum absolute atomic E-state index is 0.0111. The molecule has 0 bridgehead atoms. The molecule has 1 heterocycles. The van der Waals surface area contributed by atoms with E-state index in [0.29, 0.717) is 18.8 Å². The predicted molar refractivity (Wildman–Crippen MR) is 115 cm³/mol. The Kier molecular flexibility index (Phi) is 6.97. The van der Waals surface area contributed by atoms with Crippen LogP contribution in [-0.2, 0) is 24.3 Å². The molecule has 1 amide bonds. The molecule has 8 nitrogen and oxygen atoms in total. The van der Waals surface area contributed by atoms with Crippen LogP contribution in [0, 0.1) is 6.92 Å². The fraction of sp³-hybridized carbons (Fsp3) is 0.364. The topological polar surface area (TPSA) is 102 Å². The van der Waals surface area contributed by atoms with Crippen LogP contribution in [0.25, 0.3) is 0 Å². The van der Waals surface area contributed by atoms with Crippen molar-refractivity contribution in [2.75, 3.05) is 24.4 Å². The third kappa shape index (κ3) is 6.05.